The van der Waals surface area contributed by atoms with Gasteiger partial charge in [0.1, 0.15) is 0 Å². The van der Waals surface area contributed by atoms with Gasteiger partial charge in [0.15, 0.2) is 6.61 Å². The quantitative estimate of drug-likeness (QED) is 0.869. The largest absolute Gasteiger partial charge is 0.454 e. The van der Waals surface area contributed by atoms with Crippen LogP contribution < -0.4 is 15.0 Å². The molecule has 1 atom stereocenters. The molecule has 0 saturated carbocycles. The normalized spacial score (nSPS) is 17.8. The molecule has 1 aliphatic heterocycles. The van der Waals surface area contributed by atoms with Crippen molar-refractivity contribution < 1.29 is 17.9 Å². The third-order valence-electron chi connectivity index (χ3n) is 4.02. The van der Waals surface area contributed by atoms with E-state index in [1.54, 1.807) is 19.4 Å². The van der Waals surface area contributed by atoms with E-state index in [1.807, 2.05) is 17.0 Å². The summed E-state index contributed by atoms with van der Waals surface area (Å²) in [6.45, 7) is -0.767. The Bertz CT molecular complexity index is 728. The molecule has 1 N–H and O–H groups in total. The summed E-state index contributed by atoms with van der Waals surface area (Å²) in [7, 11) is 1.58. The van der Waals surface area contributed by atoms with Gasteiger partial charge in [0.25, 0.3) is 0 Å². The first kappa shape index (κ1) is 18.2. The molecular formula is C16H19F3N6O. The van der Waals surface area contributed by atoms with Gasteiger partial charge in [-0.05, 0) is 30.9 Å². The number of pyridine rings is 1. The van der Waals surface area contributed by atoms with E-state index in [-0.39, 0.29) is 23.9 Å². The lowest BCUT2D eigenvalue weighted by atomic mass is 9.97. The van der Waals surface area contributed by atoms with Gasteiger partial charge in [-0.1, -0.05) is 6.07 Å². The zero-order valence-corrected chi connectivity index (χ0v) is 14.2. The van der Waals surface area contributed by atoms with Crippen molar-refractivity contribution in [1.82, 2.24) is 19.9 Å². The Kier molecular flexibility index (Phi) is 5.38. The number of hydrogen-bond donors (Lipinski definition) is 1. The number of nitrogens with zero attached hydrogens (tertiary/aromatic N) is 5. The molecule has 1 saturated heterocycles. The second-order valence-corrected chi connectivity index (χ2v) is 5.89. The lowest BCUT2D eigenvalue weighted by molar-refractivity contribution is -0.154. The molecule has 1 aliphatic rings. The smallest absolute Gasteiger partial charge is 0.422 e. The van der Waals surface area contributed by atoms with Crippen molar-refractivity contribution in [3.63, 3.8) is 0 Å². The minimum atomic E-state index is -4.46. The van der Waals surface area contributed by atoms with Gasteiger partial charge in [0.2, 0.25) is 11.9 Å². The van der Waals surface area contributed by atoms with Crippen LogP contribution in [0.15, 0.2) is 24.5 Å². The molecule has 0 radical (unpaired) electrons. The van der Waals surface area contributed by atoms with Crippen molar-refractivity contribution in [2.24, 2.45) is 0 Å². The lowest BCUT2D eigenvalue weighted by Crippen LogP contribution is -2.35. The van der Waals surface area contributed by atoms with Crippen molar-refractivity contribution in [1.29, 1.82) is 0 Å². The highest BCUT2D eigenvalue weighted by atomic mass is 19.4. The number of anilines is 2. The number of alkyl halides is 3. The average molecular weight is 368 g/mol. The Hall–Kier alpha value is -2.65. The number of aromatic nitrogens is 4. The first-order valence-corrected chi connectivity index (χ1v) is 8.26. The topological polar surface area (TPSA) is 76.1 Å². The van der Waals surface area contributed by atoms with Crippen LogP contribution in [0.25, 0.3) is 0 Å². The maximum Gasteiger partial charge on any atom is 0.422 e. The van der Waals surface area contributed by atoms with E-state index in [1.165, 1.54) is 0 Å². The van der Waals surface area contributed by atoms with Crippen LogP contribution in [0.2, 0.25) is 0 Å². The SMILES string of the molecule is CNc1nc(OCC(F)(F)F)nc(N2CCCC[C@H]2c2cccnc2)n1. The molecule has 0 bridgehead atoms. The van der Waals surface area contributed by atoms with Gasteiger partial charge < -0.3 is 15.0 Å². The number of rotatable bonds is 5. The Morgan fingerprint density at radius 1 is 1.27 bits per heavy atom. The highest BCUT2D eigenvalue weighted by Crippen LogP contribution is 2.33. The van der Waals surface area contributed by atoms with Crippen LogP contribution in [0.4, 0.5) is 25.1 Å². The van der Waals surface area contributed by atoms with Crippen molar-refractivity contribution in [2.75, 3.05) is 30.4 Å². The van der Waals surface area contributed by atoms with Crippen molar-refractivity contribution in [2.45, 2.75) is 31.5 Å². The Labute approximate surface area is 148 Å². The number of halogens is 3. The van der Waals surface area contributed by atoms with E-state index >= 15 is 0 Å². The lowest BCUT2D eigenvalue weighted by Gasteiger charge is -2.36. The predicted octanol–water partition coefficient (Wildman–Crippen LogP) is 2.98. The summed E-state index contributed by atoms with van der Waals surface area (Å²) in [4.78, 5) is 18.4. The minimum Gasteiger partial charge on any atom is -0.454 e. The van der Waals surface area contributed by atoms with Crippen molar-refractivity contribution in [3.05, 3.63) is 30.1 Å². The van der Waals surface area contributed by atoms with Gasteiger partial charge in [-0.15, -0.1) is 0 Å². The van der Waals surface area contributed by atoms with E-state index in [0.717, 1.165) is 24.8 Å². The fourth-order valence-electron chi connectivity index (χ4n) is 2.89. The summed E-state index contributed by atoms with van der Waals surface area (Å²) < 4.78 is 42.0. The molecule has 0 aromatic carbocycles. The second-order valence-electron chi connectivity index (χ2n) is 5.89. The van der Waals surface area contributed by atoms with Crippen LogP contribution >= 0.6 is 0 Å². The Morgan fingerprint density at radius 2 is 2.12 bits per heavy atom. The van der Waals surface area contributed by atoms with E-state index in [0.29, 0.717) is 6.54 Å². The maximum atomic E-state index is 12.4. The van der Waals surface area contributed by atoms with Crippen LogP contribution in [0, 0.1) is 0 Å². The molecule has 0 aliphatic carbocycles. The van der Waals surface area contributed by atoms with Crippen LogP contribution in [0.3, 0.4) is 0 Å². The number of hydrogen-bond acceptors (Lipinski definition) is 7. The summed E-state index contributed by atoms with van der Waals surface area (Å²) in [5.41, 5.74) is 1.01. The van der Waals surface area contributed by atoms with Gasteiger partial charge in [-0.2, -0.15) is 28.1 Å². The van der Waals surface area contributed by atoms with E-state index in [4.69, 9.17) is 4.74 Å². The van der Waals surface area contributed by atoms with Gasteiger partial charge in [-0.3, -0.25) is 4.98 Å². The molecule has 1 fully saturated rings. The number of ether oxygens (including phenoxy) is 1. The van der Waals surface area contributed by atoms with E-state index in [9.17, 15) is 13.2 Å². The summed E-state index contributed by atoms with van der Waals surface area (Å²) >= 11 is 0. The van der Waals surface area contributed by atoms with E-state index < -0.39 is 12.8 Å². The zero-order chi connectivity index (χ0) is 18.6. The molecule has 0 spiro atoms. The van der Waals surface area contributed by atoms with Gasteiger partial charge >= 0.3 is 12.2 Å². The molecule has 0 unspecified atom stereocenters. The van der Waals surface area contributed by atoms with Gasteiger partial charge in [-0.25, -0.2) is 0 Å². The number of piperidine rings is 1. The molecule has 2 aromatic rings. The van der Waals surface area contributed by atoms with Gasteiger partial charge in [0.05, 0.1) is 6.04 Å². The maximum absolute atomic E-state index is 12.4. The second kappa shape index (κ2) is 7.71. The molecule has 26 heavy (non-hydrogen) atoms. The fraction of sp³-hybridized carbons (Fsp3) is 0.500. The first-order chi connectivity index (χ1) is 12.5. The molecule has 140 valence electrons. The Balaban J connectivity index is 1.90. The predicted molar refractivity (Wildman–Crippen MR) is 89.1 cm³/mol. The van der Waals surface area contributed by atoms with Crippen molar-refractivity contribution in [3.8, 4) is 6.01 Å². The highest BCUT2D eigenvalue weighted by Gasteiger charge is 2.30. The summed E-state index contributed by atoms with van der Waals surface area (Å²) in [5, 5.41) is 2.74. The van der Waals surface area contributed by atoms with Gasteiger partial charge in [0, 0.05) is 26.0 Å². The highest BCUT2D eigenvalue weighted by molar-refractivity contribution is 5.41. The van der Waals surface area contributed by atoms with E-state index in [2.05, 4.69) is 25.3 Å². The molecule has 10 heteroatoms. The van der Waals surface area contributed by atoms with Crippen LogP contribution in [-0.4, -0.2) is 46.3 Å². The molecular weight excluding hydrogens is 349 g/mol. The monoisotopic (exact) mass is 368 g/mol. The summed E-state index contributed by atoms with van der Waals surface area (Å²) in [6.07, 6.45) is 1.88. The van der Waals surface area contributed by atoms with Crippen LogP contribution in [-0.2, 0) is 0 Å². The number of nitrogens with one attached hydrogen (secondary N) is 1. The molecule has 0 amide bonds. The molecule has 2 aromatic heterocycles. The standard InChI is InChI=1S/C16H19F3N6O/c1-20-13-22-14(24-15(23-13)26-10-16(17,18)19)25-8-3-2-6-12(25)11-5-4-7-21-9-11/h4-5,7,9,12H,2-3,6,8,10H2,1H3,(H,20,22,23,24)/t12-/m0/s1. The first-order valence-electron chi connectivity index (χ1n) is 8.26. The fourth-order valence-corrected chi connectivity index (χ4v) is 2.89. The molecule has 3 heterocycles. The zero-order valence-electron chi connectivity index (χ0n) is 14.2. The van der Waals surface area contributed by atoms with Crippen LogP contribution in [0.5, 0.6) is 6.01 Å². The average Bonchev–Trinajstić information content (AvgIpc) is 2.66. The Morgan fingerprint density at radius 3 is 2.81 bits per heavy atom. The molecule has 7 nitrogen and oxygen atoms in total. The van der Waals surface area contributed by atoms with Crippen molar-refractivity contribution >= 4 is 11.9 Å². The van der Waals surface area contributed by atoms with Crippen LogP contribution in [0.1, 0.15) is 30.9 Å². The summed E-state index contributed by atoms with van der Waals surface area (Å²) in [5.74, 6) is 0.442. The third-order valence-corrected chi connectivity index (χ3v) is 4.02. The molecule has 3 rings (SSSR count). The third kappa shape index (κ3) is 4.50. The minimum absolute atomic E-state index is 0.0000206. The summed E-state index contributed by atoms with van der Waals surface area (Å²) in [6, 6.07) is 3.47.